The quantitative estimate of drug-likeness (QED) is 0.865. The molecule has 21 heavy (non-hydrogen) atoms. The first-order chi connectivity index (χ1) is 10.2. The SMILES string of the molecule is CCOC(=O)c1ccc(NC2CC3CCC(C2)N3C)cc1. The fourth-order valence-electron chi connectivity index (χ4n) is 3.68. The Morgan fingerprint density at radius 3 is 2.43 bits per heavy atom. The van der Waals surface area contributed by atoms with Crippen molar-refractivity contribution < 1.29 is 9.53 Å². The molecular weight excluding hydrogens is 264 g/mol. The zero-order valence-electron chi connectivity index (χ0n) is 12.8. The number of rotatable bonds is 4. The molecule has 3 rings (SSSR count). The molecule has 4 heteroatoms. The average Bonchev–Trinajstić information content (AvgIpc) is 2.71. The number of piperidine rings is 1. The maximum atomic E-state index is 11.6. The Bertz CT molecular complexity index is 486. The second kappa shape index (κ2) is 6.06. The van der Waals surface area contributed by atoms with Crippen molar-refractivity contribution in [2.75, 3.05) is 19.0 Å². The number of hydrogen-bond donors (Lipinski definition) is 1. The largest absolute Gasteiger partial charge is 0.462 e. The van der Waals surface area contributed by atoms with E-state index in [1.54, 1.807) is 0 Å². The van der Waals surface area contributed by atoms with Gasteiger partial charge in [-0.25, -0.2) is 4.79 Å². The van der Waals surface area contributed by atoms with Crippen molar-refractivity contribution in [2.24, 2.45) is 0 Å². The molecule has 4 nitrogen and oxygen atoms in total. The molecule has 1 N–H and O–H groups in total. The summed E-state index contributed by atoms with van der Waals surface area (Å²) in [7, 11) is 2.26. The highest BCUT2D eigenvalue weighted by Gasteiger charge is 2.38. The summed E-state index contributed by atoms with van der Waals surface area (Å²) in [5, 5.41) is 3.62. The summed E-state index contributed by atoms with van der Waals surface area (Å²) in [4.78, 5) is 14.2. The summed E-state index contributed by atoms with van der Waals surface area (Å²) in [6.07, 6.45) is 5.10. The normalized spacial score (nSPS) is 28.4. The van der Waals surface area contributed by atoms with Gasteiger partial charge in [0.25, 0.3) is 0 Å². The van der Waals surface area contributed by atoms with Gasteiger partial charge in [0, 0.05) is 23.8 Å². The Balaban J connectivity index is 1.60. The van der Waals surface area contributed by atoms with Gasteiger partial charge < -0.3 is 15.0 Å². The number of ether oxygens (including phenoxy) is 1. The Hall–Kier alpha value is -1.55. The molecule has 114 valence electrons. The molecule has 2 aliphatic rings. The van der Waals surface area contributed by atoms with Crippen molar-refractivity contribution in [3.8, 4) is 0 Å². The molecule has 0 radical (unpaired) electrons. The molecule has 2 unspecified atom stereocenters. The lowest BCUT2D eigenvalue weighted by Crippen LogP contribution is -2.44. The molecule has 1 aromatic carbocycles. The number of benzene rings is 1. The molecule has 2 saturated heterocycles. The third-order valence-corrected chi connectivity index (χ3v) is 4.87. The van der Waals surface area contributed by atoms with Gasteiger partial charge in [0.1, 0.15) is 0 Å². The first-order valence-corrected chi connectivity index (χ1v) is 7.93. The molecule has 1 aromatic rings. The van der Waals surface area contributed by atoms with Gasteiger partial charge >= 0.3 is 5.97 Å². The zero-order valence-corrected chi connectivity index (χ0v) is 12.8. The number of esters is 1. The van der Waals surface area contributed by atoms with Gasteiger partial charge in [-0.2, -0.15) is 0 Å². The smallest absolute Gasteiger partial charge is 0.338 e. The number of hydrogen-bond acceptors (Lipinski definition) is 4. The lowest BCUT2D eigenvalue weighted by atomic mass is 9.97. The number of carbonyl (C=O) groups is 1. The Labute approximate surface area is 126 Å². The van der Waals surface area contributed by atoms with Crippen LogP contribution in [0.15, 0.2) is 24.3 Å². The van der Waals surface area contributed by atoms with Crippen molar-refractivity contribution in [2.45, 2.75) is 50.7 Å². The molecule has 2 aliphatic heterocycles. The molecular formula is C17H24N2O2. The van der Waals surface area contributed by atoms with Crippen molar-refractivity contribution in [1.82, 2.24) is 4.90 Å². The van der Waals surface area contributed by atoms with Crippen LogP contribution in [0.1, 0.15) is 43.0 Å². The van der Waals surface area contributed by atoms with Crippen LogP contribution in [0.3, 0.4) is 0 Å². The van der Waals surface area contributed by atoms with E-state index in [0.29, 0.717) is 18.2 Å². The van der Waals surface area contributed by atoms with E-state index in [0.717, 1.165) is 17.8 Å². The van der Waals surface area contributed by atoms with E-state index >= 15 is 0 Å². The zero-order chi connectivity index (χ0) is 14.8. The minimum Gasteiger partial charge on any atom is -0.462 e. The molecule has 0 aliphatic carbocycles. The van der Waals surface area contributed by atoms with E-state index in [2.05, 4.69) is 17.3 Å². The number of anilines is 1. The van der Waals surface area contributed by atoms with E-state index in [-0.39, 0.29) is 5.97 Å². The van der Waals surface area contributed by atoms with Gasteiger partial charge in [0.15, 0.2) is 0 Å². The summed E-state index contributed by atoms with van der Waals surface area (Å²) >= 11 is 0. The van der Waals surface area contributed by atoms with E-state index in [1.807, 2.05) is 31.2 Å². The van der Waals surface area contributed by atoms with E-state index in [1.165, 1.54) is 25.7 Å². The third-order valence-electron chi connectivity index (χ3n) is 4.87. The van der Waals surface area contributed by atoms with Gasteiger partial charge in [0.2, 0.25) is 0 Å². The lowest BCUT2D eigenvalue weighted by molar-refractivity contribution is 0.0526. The minimum atomic E-state index is -0.249. The topological polar surface area (TPSA) is 41.6 Å². The van der Waals surface area contributed by atoms with Crippen LogP contribution in [0.2, 0.25) is 0 Å². The first kappa shape index (κ1) is 14.4. The number of nitrogens with one attached hydrogen (secondary N) is 1. The fourth-order valence-corrected chi connectivity index (χ4v) is 3.68. The van der Waals surface area contributed by atoms with Crippen LogP contribution in [0, 0.1) is 0 Å². The summed E-state index contributed by atoms with van der Waals surface area (Å²) < 4.78 is 5.00. The van der Waals surface area contributed by atoms with Crippen molar-refractivity contribution in [3.05, 3.63) is 29.8 Å². The second-order valence-corrected chi connectivity index (χ2v) is 6.16. The van der Waals surface area contributed by atoms with Crippen LogP contribution < -0.4 is 5.32 Å². The van der Waals surface area contributed by atoms with Crippen LogP contribution in [0.4, 0.5) is 5.69 Å². The monoisotopic (exact) mass is 288 g/mol. The van der Waals surface area contributed by atoms with Gasteiger partial charge in [-0.15, -0.1) is 0 Å². The summed E-state index contributed by atoms with van der Waals surface area (Å²) in [6.45, 7) is 2.24. The molecule has 0 saturated carbocycles. The Morgan fingerprint density at radius 2 is 1.86 bits per heavy atom. The molecule has 2 fully saturated rings. The number of fused-ring (bicyclic) bond motifs is 2. The van der Waals surface area contributed by atoms with E-state index in [9.17, 15) is 4.79 Å². The molecule has 0 aromatic heterocycles. The van der Waals surface area contributed by atoms with Crippen LogP contribution in [-0.4, -0.2) is 42.6 Å². The highest BCUT2D eigenvalue weighted by Crippen LogP contribution is 2.35. The van der Waals surface area contributed by atoms with Crippen LogP contribution >= 0.6 is 0 Å². The van der Waals surface area contributed by atoms with Gasteiger partial charge in [-0.1, -0.05) is 0 Å². The first-order valence-electron chi connectivity index (χ1n) is 7.93. The van der Waals surface area contributed by atoms with Crippen LogP contribution in [0.25, 0.3) is 0 Å². The predicted octanol–water partition coefficient (Wildman–Crippen LogP) is 2.90. The molecule has 2 bridgehead atoms. The van der Waals surface area contributed by atoms with Crippen molar-refractivity contribution >= 4 is 11.7 Å². The maximum absolute atomic E-state index is 11.6. The van der Waals surface area contributed by atoms with Gasteiger partial charge in [-0.3, -0.25) is 0 Å². The number of carbonyl (C=O) groups excluding carboxylic acids is 1. The Morgan fingerprint density at radius 1 is 1.24 bits per heavy atom. The van der Waals surface area contributed by atoms with Crippen molar-refractivity contribution in [3.63, 3.8) is 0 Å². The third kappa shape index (κ3) is 3.05. The number of nitrogens with zero attached hydrogens (tertiary/aromatic N) is 1. The van der Waals surface area contributed by atoms with Gasteiger partial charge in [-0.05, 0) is 63.9 Å². The van der Waals surface area contributed by atoms with Crippen molar-refractivity contribution in [1.29, 1.82) is 0 Å². The summed E-state index contributed by atoms with van der Waals surface area (Å²) in [5.41, 5.74) is 1.71. The minimum absolute atomic E-state index is 0.249. The van der Waals surface area contributed by atoms with Crippen LogP contribution in [0.5, 0.6) is 0 Å². The highest BCUT2D eigenvalue weighted by molar-refractivity contribution is 5.89. The summed E-state index contributed by atoms with van der Waals surface area (Å²) in [6, 6.07) is 9.65. The standard InChI is InChI=1S/C17H24N2O2/c1-3-21-17(20)12-4-6-13(7-5-12)18-14-10-15-8-9-16(11-14)19(15)2/h4-7,14-16,18H,3,8-11H2,1-2H3. The molecule has 2 atom stereocenters. The van der Waals surface area contributed by atoms with E-state index in [4.69, 9.17) is 4.74 Å². The average molecular weight is 288 g/mol. The second-order valence-electron chi connectivity index (χ2n) is 6.16. The lowest BCUT2D eigenvalue weighted by Gasteiger charge is -2.37. The Kier molecular flexibility index (Phi) is 4.15. The van der Waals surface area contributed by atoms with Gasteiger partial charge in [0.05, 0.1) is 12.2 Å². The van der Waals surface area contributed by atoms with Crippen LogP contribution in [-0.2, 0) is 4.74 Å². The molecule has 0 spiro atoms. The molecule has 2 heterocycles. The fraction of sp³-hybridized carbons (Fsp3) is 0.588. The maximum Gasteiger partial charge on any atom is 0.338 e. The predicted molar refractivity (Wildman–Crippen MR) is 83.6 cm³/mol. The van der Waals surface area contributed by atoms with E-state index < -0.39 is 0 Å². The molecule has 0 amide bonds. The highest BCUT2D eigenvalue weighted by atomic mass is 16.5. The summed E-state index contributed by atoms with van der Waals surface area (Å²) in [5.74, 6) is -0.249.